The molecule has 4 heteroatoms. The van der Waals surface area contributed by atoms with Gasteiger partial charge < -0.3 is 10.5 Å². The molecule has 0 unspecified atom stereocenters. The number of methoxy groups -OCH3 is 1. The largest absolute Gasteiger partial charge is 0.495 e. The van der Waals surface area contributed by atoms with Crippen molar-refractivity contribution in [1.29, 1.82) is 0 Å². The van der Waals surface area contributed by atoms with Crippen molar-refractivity contribution in [3.8, 4) is 16.9 Å². The summed E-state index contributed by atoms with van der Waals surface area (Å²) in [4.78, 5) is 4.08. The van der Waals surface area contributed by atoms with Gasteiger partial charge in [0.1, 0.15) is 5.75 Å². The monoisotopic (exact) mass is 234 g/mol. The van der Waals surface area contributed by atoms with Gasteiger partial charge >= 0.3 is 0 Å². The zero-order chi connectivity index (χ0) is 11.5. The van der Waals surface area contributed by atoms with Gasteiger partial charge in [-0.15, -0.1) is 0 Å². The fourth-order valence-corrected chi connectivity index (χ4v) is 1.63. The van der Waals surface area contributed by atoms with Crippen LogP contribution in [0.15, 0.2) is 36.7 Å². The third-order valence-electron chi connectivity index (χ3n) is 2.28. The van der Waals surface area contributed by atoms with Crippen LogP contribution in [0.5, 0.6) is 5.75 Å². The summed E-state index contributed by atoms with van der Waals surface area (Å²) >= 11 is 5.93. The molecule has 1 aromatic heterocycles. The summed E-state index contributed by atoms with van der Waals surface area (Å²) in [5.41, 5.74) is 8.30. The van der Waals surface area contributed by atoms with Gasteiger partial charge in [-0.1, -0.05) is 11.6 Å². The lowest BCUT2D eigenvalue weighted by Crippen LogP contribution is -1.91. The van der Waals surface area contributed by atoms with E-state index in [2.05, 4.69) is 4.98 Å². The van der Waals surface area contributed by atoms with Crippen LogP contribution in [-0.2, 0) is 0 Å². The molecule has 16 heavy (non-hydrogen) atoms. The molecule has 0 fully saturated rings. The van der Waals surface area contributed by atoms with Crippen LogP contribution in [0.2, 0.25) is 5.02 Å². The Labute approximate surface area is 98.8 Å². The first-order valence-electron chi connectivity index (χ1n) is 4.75. The van der Waals surface area contributed by atoms with Gasteiger partial charge in [0.05, 0.1) is 13.3 Å². The average molecular weight is 235 g/mol. The molecule has 0 aliphatic rings. The van der Waals surface area contributed by atoms with E-state index in [9.17, 15) is 0 Å². The quantitative estimate of drug-likeness (QED) is 0.813. The summed E-state index contributed by atoms with van der Waals surface area (Å²) in [6.45, 7) is 0. The van der Waals surface area contributed by atoms with Gasteiger partial charge in [-0.05, 0) is 24.3 Å². The number of halogens is 1. The number of hydrogen-bond donors (Lipinski definition) is 1. The number of pyridine rings is 1. The van der Waals surface area contributed by atoms with E-state index in [1.54, 1.807) is 31.6 Å². The van der Waals surface area contributed by atoms with E-state index >= 15 is 0 Å². The molecule has 3 nitrogen and oxygen atoms in total. The number of rotatable bonds is 2. The summed E-state index contributed by atoms with van der Waals surface area (Å²) in [5.74, 6) is 0.692. The Morgan fingerprint density at radius 2 is 2.06 bits per heavy atom. The molecule has 0 saturated carbocycles. The van der Waals surface area contributed by atoms with Crippen LogP contribution in [0, 0.1) is 0 Å². The molecule has 0 spiro atoms. The summed E-state index contributed by atoms with van der Waals surface area (Å²) in [5, 5.41) is 0.645. The van der Waals surface area contributed by atoms with E-state index in [-0.39, 0.29) is 0 Å². The SMILES string of the molecule is COc1cncc(-c2cc(Cl)ccc2N)c1. The Bertz CT molecular complexity index is 514. The summed E-state index contributed by atoms with van der Waals surface area (Å²) in [6, 6.07) is 7.22. The van der Waals surface area contributed by atoms with Crippen molar-refractivity contribution in [1.82, 2.24) is 4.98 Å². The highest BCUT2D eigenvalue weighted by atomic mass is 35.5. The second-order valence-corrected chi connectivity index (χ2v) is 3.78. The van der Waals surface area contributed by atoms with Crippen LogP contribution in [0.1, 0.15) is 0 Å². The zero-order valence-corrected chi connectivity index (χ0v) is 9.53. The molecule has 2 N–H and O–H groups in total. The molecule has 0 saturated heterocycles. The number of anilines is 1. The summed E-state index contributed by atoms with van der Waals surface area (Å²) in [6.07, 6.45) is 3.37. The van der Waals surface area contributed by atoms with E-state index in [1.807, 2.05) is 12.1 Å². The number of nitrogens with two attached hydrogens (primary N) is 1. The number of nitrogen functional groups attached to an aromatic ring is 1. The van der Waals surface area contributed by atoms with Crippen molar-refractivity contribution in [3.05, 3.63) is 41.7 Å². The van der Waals surface area contributed by atoms with Crippen LogP contribution in [0.4, 0.5) is 5.69 Å². The Morgan fingerprint density at radius 1 is 1.25 bits per heavy atom. The second kappa shape index (κ2) is 4.41. The van der Waals surface area contributed by atoms with Gasteiger partial charge in [-0.2, -0.15) is 0 Å². The van der Waals surface area contributed by atoms with Crippen LogP contribution in [-0.4, -0.2) is 12.1 Å². The number of benzene rings is 1. The summed E-state index contributed by atoms with van der Waals surface area (Å²) < 4.78 is 5.11. The van der Waals surface area contributed by atoms with Crippen LogP contribution < -0.4 is 10.5 Å². The molecular weight excluding hydrogens is 224 g/mol. The average Bonchev–Trinajstić information content (AvgIpc) is 2.32. The van der Waals surface area contributed by atoms with Gasteiger partial charge in [0.25, 0.3) is 0 Å². The number of nitrogens with zero attached hydrogens (tertiary/aromatic N) is 1. The van der Waals surface area contributed by atoms with Crippen LogP contribution >= 0.6 is 11.6 Å². The van der Waals surface area contributed by atoms with Gasteiger partial charge in [0, 0.05) is 28.0 Å². The molecule has 0 radical (unpaired) electrons. The smallest absolute Gasteiger partial charge is 0.137 e. The van der Waals surface area contributed by atoms with Gasteiger partial charge in [-0.25, -0.2) is 0 Å². The molecule has 2 rings (SSSR count). The van der Waals surface area contributed by atoms with Crippen molar-refractivity contribution < 1.29 is 4.74 Å². The molecule has 0 amide bonds. The van der Waals surface area contributed by atoms with Gasteiger partial charge in [0.2, 0.25) is 0 Å². The molecule has 0 aliphatic heterocycles. The molecular formula is C12H11ClN2O. The first-order chi connectivity index (χ1) is 7.70. The fraction of sp³-hybridized carbons (Fsp3) is 0.0833. The lowest BCUT2D eigenvalue weighted by molar-refractivity contribution is 0.413. The predicted octanol–water partition coefficient (Wildman–Crippen LogP) is 2.99. The Hall–Kier alpha value is -1.74. The van der Waals surface area contributed by atoms with E-state index in [1.165, 1.54) is 0 Å². The second-order valence-electron chi connectivity index (χ2n) is 3.35. The van der Waals surface area contributed by atoms with Gasteiger partial charge in [-0.3, -0.25) is 4.98 Å². The van der Waals surface area contributed by atoms with Crippen molar-refractivity contribution in [3.63, 3.8) is 0 Å². The van der Waals surface area contributed by atoms with E-state index < -0.39 is 0 Å². The maximum absolute atomic E-state index is 5.93. The predicted molar refractivity (Wildman–Crippen MR) is 65.6 cm³/mol. The summed E-state index contributed by atoms with van der Waals surface area (Å²) in [7, 11) is 1.60. The molecule has 1 heterocycles. The number of aromatic nitrogens is 1. The van der Waals surface area contributed by atoms with Crippen LogP contribution in [0.3, 0.4) is 0 Å². The lowest BCUT2D eigenvalue weighted by Gasteiger charge is -2.07. The third kappa shape index (κ3) is 2.09. The minimum atomic E-state index is 0.645. The Balaban J connectivity index is 2.53. The highest BCUT2D eigenvalue weighted by Gasteiger charge is 2.05. The standard InChI is InChI=1S/C12H11ClN2O/c1-16-10-4-8(6-15-7-10)11-5-9(13)2-3-12(11)14/h2-7H,14H2,1H3. The Kier molecular flexibility index (Phi) is 2.97. The first-order valence-corrected chi connectivity index (χ1v) is 5.13. The maximum Gasteiger partial charge on any atom is 0.137 e. The molecule has 2 aromatic rings. The Morgan fingerprint density at radius 3 is 2.81 bits per heavy atom. The highest BCUT2D eigenvalue weighted by Crippen LogP contribution is 2.29. The minimum absolute atomic E-state index is 0.645. The number of hydrogen-bond acceptors (Lipinski definition) is 3. The van der Waals surface area contributed by atoms with Gasteiger partial charge in [0.15, 0.2) is 0 Å². The molecule has 1 aromatic carbocycles. The molecule has 0 aliphatic carbocycles. The number of ether oxygens (including phenoxy) is 1. The van der Waals surface area contributed by atoms with E-state index in [4.69, 9.17) is 22.1 Å². The van der Waals surface area contributed by atoms with Crippen molar-refractivity contribution in [2.24, 2.45) is 0 Å². The first kappa shape index (κ1) is 10.8. The maximum atomic E-state index is 5.93. The van der Waals surface area contributed by atoms with E-state index in [0.29, 0.717) is 16.5 Å². The zero-order valence-electron chi connectivity index (χ0n) is 8.77. The highest BCUT2D eigenvalue weighted by molar-refractivity contribution is 6.31. The minimum Gasteiger partial charge on any atom is -0.495 e. The molecule has 82 valence electrons. The topological polar surface area (TPSA) is 48.1 Å². The van der Waals surface area contributed by atoms with Crippen molar-refractivity contribution >= 4 is 17.3 Å². The van der Waals surface area contributed by atoms with Crippen LogP contribution in [0.25, 0.3) is 11.1 Å². The molecule has 0 atom stereocenters. The fourth-order valence-electron chi connectivity index (χ4n) is 1.46. The van der Waals surface area contributed by atoms with Crippen molar-refractivity contribution in [2.75, 3.05) is 12.8 Å². The lowest BCUT2D eigenvalue weighted by atomic mass is 10.1. The normalized spacial score (nSPS) is 10.1. The third-order valence-corrected chi connectivity index (χ3v) is 2.51. The van der Waals surface area contributed by atoms with E-state index in [0.717, 1.165) is 11.1 Å². The van der Waals surface area contributed by atoms with Crippen molar-refractivity contribution in [2.45, 2.75) is 0 Å². The molecule has 0 bridgehead atoms.